The van der Waals surface area contributed by atoms with Gasteiger partial charge in [-0.3, -0.25) is 0 Å². The number of hydrogen-bond acceptors (Lipinski definition) is 4. The van der Waals surface area contributed by atoms with E-state index in [2.05, 4.69) is 16.1 Å². The molecule has 0 aliphatic carbocycles. The molecule has 3 heterocycles. The van der Waals surface area contributed by atoms with Gasteiger partial charge in [0.25, 0.3) is 0 Å². The largest absolute Gasteiger partial charge is 0.398 e. The molecule has 3 fully saturated rings. The molecule has 0 aromatic carbocycles. The molecule has 0 saturated carbocycles. The molecular formula is C10H15N3O. The van der Waals surface area contributed by atoms with E-state index in [1.165, 1.54) is 33.0 Å². The summed E-state index contributed by atoms with van der Waals surface area (Å²) in [6, 6.07) is 2.16. The SMILES string of the molecule is CON=C(C#N)[C@H]1CN2CCC1CC2. The standard InChI is InChI=1S/C10H15N3O/c1-14-12-10(6-11)9-7-13-4-2-8(9)3-5-13/h8-9H,2-5,7H2,1H3/t9-/m0/s1. The third-order valence-corrected chi connectivity index (χ3v) is 3.31. The summed E-state index contributed by atoms with van der Waals surface area (Å²) in [4.78, 5) is 7.11. The van der Waals surface area contributed by atoms with Crippen molar-refractivity contribution in [2.75, 3.05) is 26.7 Å². The van der Waals surface area contributed by atoms with E-state index in [4.69, 9.17) is 10.1 Å². The number of oxime groups is 1. The Morgan fingerprint density at radius 3 is 2.64 bits per heavy atom. The predicted molar refractivity (Wildman–Crippen MR) is 52.7 cm³/mol. The van der Waals surface area contributed by atoms with Crippen LogP contribution < -0.4 is 0 Å². The van der Waals surface area contributed by atoms with Gasteiger partial charge in [-0.1, -0.05) is 5.16 Å². The summed E-state index contributed by atoms with van der Waals surface area (Å²) in [5, 5.41) is 12.8. The highest BCUT2D eigenvalue weighted by Gasteiger charge is 2.37. The van der Waals surface area contributed by atoms with Crippen molar-refractivity contribution >= 4 is 5.71 Å². The van der Waals surface area contributed by atoms with Crippen molar-refractivity contribution in [3.8, 4) is 6.07 Å². The van der Waals surface area contributed by atoms with E-state index >= 15 is 0 Å². The first-order chi connectivity index (χ1) is 6.85. The minimum Gasteiger partial charge on any atom is -0.398 e. The molecule has 76 valence electrons. The Kier molecular flexibility index (Phi) is 2.69. The zero-order chi connectivity index (χ0) is 9.97. The summed E-state index contributed by atoms with van der Waals surface area (Å²) in [6.07, 6.45) is 2.41. The second-order valence-corrected chi connectivity index (χ2v) is 4.02. The van der Waals surface area contributed by atoms with Gasteiger partial charge in [0, 0.05) is 12.5 Å². The number of piperidine rings is 3. The zero-order valence-electron chi connectivity index (χ0n) is 8.44. The Balaban J connectivity index is 2.11. The molecule has 14 heavy (non-hydrogen) atoms. The topological polar surface area (TPSA) is 48.6 Å². The first-order valence-corrected chi connectivity index (χ1v) is 5.08. The van der Waals surface area contributed by atoms with Crippen molar-refractivity contribution in [3.05, 3.63) is 0 Å². The molecule has 0 unspecified atom stereocenters. The highest BCUT2D eigenvalue weighted by molar-refractivity contribution is 6.00. The summed E-state index contributed by atoms with van der Waals surface area (Å²) < 4.78 is 0. The van der Waals surface area contributed by atoms with Crippen LogP contribution in [0.15, 0.2) is 5.16 Å². The van der Waals surface area contributed by atoms with Crippen LogP contribution in [-0.4, -0.2) is 37.4 Å². The van der Waals surface area contributed by atoms with Gasteiger partial charge in [0.1, 0.15) is 13.2 Å². The van der Waals surface area contributed by atoms with Gasteiger partial charge in [-0.05, 0) is 31.8 Å². The fraction of sp³-hybridized carbons (Fsp3) is 0.800. The first kappa shape index (κ1) is 9.47. The summed E-state index contributed by atoms with van der Waals surface area (Å²) in [5.41, 5.74) is 0.571. The second-order valence-electron chi connectivity index (χ2n) is 4.02. The smallest absolute Gasteiger partial charge is 0.161 e. The maximum Gasteiger partial charge on any atom is 0.161 e. The van der Waals surface area contributed by atoms with Gasteiger partial charge in [-0.2, -0.15) is 5.26 Å². The van der Waals surface area contributed by atoms with Gasteiger partial charge in [0.05, 0.1) is 0 Å². The Bertz CT molecular complexity index is 274. The van der Waals surface area contributed by atoms with Gasteiger partial charge in [0.15, 0.2) is 5.71 Å². The molecule has 3 aliphatic rings. The van der Waals surface area contributed by atoms with Crippen LogP contribution in [0.1, 0.15) is 12.8 Å². The Hall–Kier alpha value is -1.08. The van der Waals surface area contributed by atoms with Crippen molar-refractivity contribution in [2.24, 2.45) is 17.0 Å². The number of nitriles is 1. The number of rotatable bonds is 2. The molecule has 4 nitrogen and oxygen atoms in total. The Morgan fingerprint density at radius 2 is 2.21 bits per heavy atom. The monoisotopic (exact) mass is 193 g/mol. The van der Waals surface area contributed by atoms with Gasteiger partial charge in [-0.15, -0.1) is 0 Å². The van der Waals surface area contributed by atoms with Crippen LogP contribution in [0, 0.1) is 23.2 Å². The van der Waals surface area contributed by atoms with Gasteiger partial charge in [0.2, 0.25) is 0 Å². The van der Waals surface area contributed by atoms with E-state index in [1.807, 2.05) is 0 Å². The van der Waals surface area contributed by atoms with Crippen molar-refractivity contribution in [1.29, 1.82) is 5.26 Å². The lowest BCUT2D eigenvalue weighted by molar-refractivity contribution is 0.0800. The maximum atomic E-state index is 8.96. The summed E-state index contributed by atoms with van der Waals surface area (Å²) >= 11 is 0. The number of hydrogen-bond donors (Lipinski definition) is 0. The molecule has 0 aromatic rings. The lowest BCUT2D eigenvalue weighted by Gasteiger charge is -2.43. The van der Waals surface area contributed by atoms with Gasteiger partial charge < -0.3 is 9.74 Å². The lowest BCUT2D eigenvalue weighted by atomic mass is 9.77. The van der Waals surface area contributed by atoms with Gasteiger partial charge >= 0.3 is 0 Å². The molecule has 2 bridgehead atoms. The van der Waals surface area contributed by atoms with E-state index in [-0.39, 0.29) is 0 Å². The minimum absolute atomic E-state index is 0.308. The third-order valence-electron chi connectivity index (χ3n) is 3.31. The third kappa shape index (κ3) is 1.60. The molecule has 0 N–H and O–H groups in total. The molecule has 0 spiro atoms. The highest BCUT2D eigenvalue weighted by Crippen LogP contribution is 2.33. The molecule has 3 saturated heterocycles. The molecule has 3 rings (SSSR count). The Labute approximate surface area is 84.1 Å². The number of nitrogens with zero attached hydrogens (tertiary/aromatic N) is 3. The normalized spacial score (nSPS) is 36.6. The average molecular weight is 193 g/mol. The van der Waals surface area contributed by atoms with Crippen molar-refractivity contribution in [3.63, 3.8) is 0 Å². The van der Waals surface area contributed by atoms with Crippen molar-refractivity contribution < 1.29 is 4.84 Å². The Morgan fingerprint density at radius 1 is 1.50 bits per heavy atom. The molecule has 1 atom stereocenters. The predicted octanol–water partition coefficient (Wildman–Crippen LogP) is 0.854. The van der Waals surface area contributed by atoms with Crippen LogP contribution in [0.5, 0.6) is 0 Å². The summed E-state index contributed by atoms with van der Waals surface area (Å²) in [7, 11) is 1.50. The molecule has 4 heteroatoms. The lowest BCUT2D eigenvalue weighted by Crippen LogP contribution is -2.49. The van der Waals surface area contributed by atoms with E-state index in [0.717, 1.165) is 6.54 Å². The maximum absolute atomic E-state index is 8.96. The molecule has 3 aliphatic heterocycles. The minimum atomic E-state index is 0.308. The summed E-state index contributed by atoms with van der Waals surface area (Å²) in [5.74, 6) is 0.955. The second kappa shape index (κ2) is 3.97. The number of fused-ring (bicyclic) bond motifs is 3. The van der Waals surface area contributed by atoms with Crippen LogP contribution in [0.3, 0.4) is 0 Å². The molecular weight excluding hydrogens is 178 g/mol. The van der Waals surface area contributed by atoms with Crippen molar-refractivity contribution in [1.82, 2.24) is 4.90 Å². The summed E-state index contributed by atoms with van der Waals surface area (Å²) in [6.45, 7) is 3.36. The highest BCUT2D eigenvalue weighted by atomic mass is 16.6. The van der Waals surface area contributed by atoms with Crippen molar-refractivity contribution in [2.45, 2.75) is 12.8 Å². The zero-order valence-corrected chi connectivity index (χ0v) is 8.44. The fourth-order valence-electron chi connectivity index (χ4n) is 2.54. The van der Waals surface area contributed by atoms with Crippen LogP contribution in [-0.2, 0) is 4.84 Å². The van der Waals surface area contributed by atoms with Gasteiger partial charge in [-0.25, -0.2) is 0 Å². The van der Waals surface area contributed by atoms with E-state index in [0.29, 0.717) is 17.5 Å². The van der Waals surface area contributed by atoms with Crippen LogP contribution in [0.2, 0.25) is 0 Å². The van der Waals surface area contributed by atoms with E-state index < -0.39 is 0 Å². The van der Waals surface area contributed by atoms with Crippen LogP contribution in [0.25, 0.3) is 0 Å². The average Bonchev–Trinajstić information content (AvgIpc) is 2.27. The fourth-order valence-corrected chi connectivity index (χ4v) is 2.54. The van der Waals surface area contributed by atoms with Crippen LogP contribution >= 0.6 is 0 Å². The molecule has 0 aromatic heterocycles. The molecule has 0 amide bonds. The van der Waals surface area contributed by atoms with E-state index in [9.17, 15) is 0 Å². The van der Waals surface area contributed by atoms with E-state index in [1.54, 1.807) is 0 Å². The molecule has 0 radical (unpaired) electrons. The quantitative estimate of drug-likeness (QED) is 0.482. The first-order valence-electron chi connectivity index (χ1n) is 5.08. The van der Waals surface area contributed by atoms with Crippen LogP contribution in [0.4, 0.5) is 0 Å².